The van der Waals surface area contributed by atoms with Crippen molar-refractivity contribution in [2.24, 2.45) is 0 Å². The minimum Gasteiger partial charge on any atom is -0.508 e. The molecule has 0 amide bonds. The first-order valence-electron chi connectivity index (χ1n) is 3.74. The van der Waals surface area contributed by atoms with E-state index >= 15 is 0 Å². The fraction of sp³-hybridized carbons (Fsp3) is 0.222. The lowest BCUT2D eigenvalue weighted by atomic mass is 10.2. The normalized spacial score (nSPS) is 9.62. The second-order valence-corrected chi connectivity index (χ2v) is 2.63. The molecule has 0 atom stereocenters. The van der Waals surface area contributed by atoms with Crippen molar-refractivity contribution in [2.75, 3.05) is 6.61 Å². The maximum Gasteiger partial charge on any atom is 0.341 e. The molecule has 4 heteroatoms. The summed E-state index contributed by atoms with van der Waals surface area (Å²) in [4.78, 5) is 10.2. The summed E-state index contributed by atoms with van der Waals surface area (Å²) >= 11 is 0. The molecule has 4 nitrogen and oxygen atoms in total. The Labute approximate surface area is 75.4 Å². The number of carboxylic acid groups (broad SMARTS) is 1. The van der Waals surface area contributed by atoms with Gasteiger partial charge in [-0.3, -0.25) is 0 Å². The maximum atomic E-state index is 10.2. The van der Waals surface area contributed by atoms with Gasteiger partial charge in [0.25, 0.3) is 0 Å². The van der Waals surface area contributed by atoms with E-state index in [1.807, 2.05) is 0 Å². The molecule has 0 aliphatic heterocycles. The van der Waals surface area contributed by atoms with Crippen molar-refractivity contribution in [3.05, 3.63) is 23.8 Å². The van der Waals surface area contributed by atoms with Crippen LogP contribution in [0.2, 0.25) is 0 Å². The molecule has 0 spiro atoms. The summed E-state index contributed by atoms with van der Waals surface area (Å²) in [6.07, 6.45) is 0. The van der Waals surface area contributed by atoms with Crippen LogP contribution in [0.5, 0.6) is 11.5 Å². The average molecular weight is 182 g/mol. The second-order valence-electron chi connectivity index (χ2n) is 2.63. The van der Waals surface area contributed by atoms with Gasteiger partial charge in [-0.2, -0.15) is 0 Å². The molecule has 70 valence electrons. The molecule has 2 N–H and O–H groups in total. The van der Waals surface area contributed by atoms with Crippen LogP contribution >= 0.6 is 0 Å². The van der Waals surface area contributed by atoms with Gasteiger partial charge in [-0.25, -0.2) is 4.79 Å². The van der Waals surface area contributed by atoms with Crippen LogP contribution in [-0.2, 0) is 4.79 Å². The molecule has 0 saturated heterocycles. The topological polar surface area (TPSA) is 66.8 Å². The van der Waals surface area contributed by atoms with Crippen LogP contribution in [0.1, 0.15) is 5.56 Å². The Balaban J connectivity index is 2.72. The number of ether oxygens (including phenoxy) is 1. The molecule has 0 saturated carbocycles. The lowest BCUT2D eigenvalue weighted by Crippen LogP contribution is -2.09. The number of rotatable bonds is 3. The number of hydrogen-bond donors (Lipinski definition) is 2. The van der Waals surface area contributed by atoms with E-state index in [1.165, 1.54) is 18.2 Å². The largest absolute Gasteiger partial charge is 0.508 e. The molecular formula is C9H10O4. The zero-order valence-corrected chi connectivity index (χ0v) is 7.15. The zero-order chi connectivity index (χ0) is 9.84. The number of aryl methyl sites for hydroxylation is 1. The number of aliphatic carboxylic acids is 1. The SMILES string of the molecule is Cc1cc(O)ccc1OCC(=O)O. The number of carboxylic acids is 1. The van der Waals surface area contributed by atoms with Crippen molar-refractivity contribution in [3.8, 4) is 11.5 Å². The van der Waals surface area contributed by atoms with E-state index in [2.05, 4.69) is 0 Å². The summed E-state index contributed by atoms with van der Waals surface area (Å²) in [7, 11) is 0. The summed E-state index contributed by atoms with van der Waals surface area (Å²) in [6, 6.07) is 4.50. The van der Waals surface area contributed by atoms with Crippen molar-refractivity contribution in [1.82, 2.24) is 0 Å². The molecule has 0 aromatic heterocycles. The molecule has 0 bridgehead atoms. The molecule has 1 aromatic carbocycles. The lowest BCUT2D eigenvalue weighted by molar-refractivity contribution is -0.139. The number of carbonyl (C=O) groups is 1. The second kappa shape index (κ2) is 3.80. The van der Waals surface area contributed by atoms with E-state index in [1.54, 1.807) is 6.92 Å². The fourth-order valence-electron chi connectivity index (χ4n) is 0.935. The molecular weight excluding hydrogens is 172 g/mol. The van der Waals surface area contributed by atoms with Gasteiger partial charge in [0.1, 0.15) is 11.5 Å². The predicted molar refractivity (Wildman–Crippen MR) is 46.0 cm³/mol. The van der Waals surface area contributed by atoms with E-state index in [4.69, 9.17) is 14.9 Å². The minimum atomic E-state index is -1.02. The first-order valence-corrected chi connectivity index (χ1v) is 3.74. The van der Waals surface area contributed by atoms with Gasteiger partial charge in [0.2, 0.25) is 0 Å². The number of benzene rings is 1. The first-order chi connectivity index (χ1) is 6.09. The molecule has 0 radical (unpaired) electrons. The molecule has 1 rings (SSSR count). The van der Waals surface area contributed by atoms with E-state index in [0.717, 1.165) is 0 Å². The Bertz CT molecular complexity index is 319. The van der Waals surface area contributed by atoms with Crippen molar-refractivity contribution in [1.29, 1.82) is 0 Å². The van der Waals surface area contributed by atoms with Gasteiger partial charge in [0, 0.05) is 0 Å². The van der Waals surface area contributed by atoms with Crippen molar-refractivity contribution in [2.45, 2.75) is 6.92 Å². The van der Waals surface area contributed by atoms with Gasteiger partial charge in [0.15, 0.2) is 6.61 Å². The Morgan fingerprint density at radius 1 is 1.54 bits per heavy atom. The van der Waals surface area contributed by atoms with Gasteiger partial charge in [-0.15, -0.1) is 0 Å². The molecule has 1 aromatic rings. The summed E-state index contributed by atoms with van der Waals surface area (Å²) in [5.74, 6) is -0.409. The summed E-state index contributed by atoms with van der Waals surface area (Å²) in [5, 5.41) is 17.4. The smallest absolute Gasteiger partial charge is 0.341 e. The third-order valence-electron chi connectivity index (χ3n) is 1.51. The average Bonchev–Trinajstić information content (AvgIpc) is 2.02. The van der Waals surface area contributed by atoms with Crippen molar-refractivity contribution < 1.29 is 19.7 Å². The van der Waals surface area contributed by atoms with E-state index in [-0.39, 0.29) is 12.4 Å². The van der Waals surface area contributed by atoms with Gasteiger partial charge in [-0.1, -0.05) is 0 Å². The van der Waals surface area contributed by atoms with E-state index in [0.29, 0.717) is 11.3 Å². The van der Waals surface area contributed by atoms with E-state index in [9.17, 15) is 4.79 Å². The lowest BCUT2D eigenvalue weighted by Gasteiger charge is -2.06. The van der Waals surface area contributed by atoms with Crippen LogP contribution in [0.25, 0.3) is 0 Å². The Morgan fingerprint density at radius 3 is 2.77 bits per heavy atom. The molecule has 0 aliphatic rings. The van der Waals surface area contributed by atoms with Crippen LogP contribution < -0.4 is 4.74 Å². The highest BCUT2D eigenvalue weighted by molar-refractivity contribution is 5.68. The van der Waals surface area contributed by atoms with Crippen molar-refractivity contribution >= 4 is 5.97 Å². The Hall–Kier alpha value is -1.71. The highest BCUT2D eigenvalue weighted by Gasteiger charge is 2.02. The van der Waals surface area contributed by atoms with E-state index < -0.39 is 5.97 Å². The standard InChI is InChI=1S/C9H10O4/c1-6-4-7(10)2-3-8(6)13-5-9(11)12/h2-4,10H,5H2,1H3,(H,11,12). The van der Waals surface area contributed by atoms with Crippen LogP contribution in [0.3, 0.4) is 0 Å². The summed E-state index contributed by atoms with van der Waals surface area (Å²) < 4.78 is 4.94. The number of phenolic OH excluding ortho intramolecular Hbond substituents is 1. The highest BCUT2D eigenvalue weighted by atomic mass is 16.5. The molecule has 0 unspecified atom stereocenters. The molecule has 13 heavy (non-hydrogen) atoms. The van der Waals surface area contributed by atoms with Crippen LogP contribution in [0, 0.1) is 6.92 Å². The summed E-state index contributed by atoms with van der Waals surface area (Å²) in [5.41, 5.74) is 0.709. The minimum absolute atomic E-state index is 0.139. The molecule has 0 fully saturated rings. The van der Waals surface area contributed by atoms with Gasteiger partial charge < -0.3 is 14.9 Å². The predicted octanol–water partition coefficient (Wildman–Crippen LogP) is 1.16. The summed E-state index contributed by atoms with van der Waals surface area (Å²) in [6.45, 7) is 1.36. The Kier molecular flexibility index (Phi) is 2.74. The Morgan fingerprint density at radius 2 is 2.23 bits per heavy atom. The van der Waals surface area contributed by atoms with Crippen LogP contribution in [0.4, 0.5) is 0 Å². The number of aromatic hydroxyl groups is 1. The number of phenols is 1. The molecule has 0 aliphatic carbocycles. The van der Waals surface area contributed by atoms with Gasteiger partial charge in [-0.05, 0) is 30.7 Å². The quantitative estimate of drug-likeness (QED) is 0.736. The highest BCUT2D eigenvalue weighted by Crippen LogP contribution is 2.21. The van der Waals surface area contributed by atoms with Gasteiger partial charge >= 0.3 is 5.97 Å². The van der Waals surface area contributed by atoms with Gasteiger partial charge in [0.05, 0.1) is 0 Å². The third-order valence-corrected chi connectivity index (χ3v) is 1.51. The first kappa shape index (κ1) is 9.38. The maximum absolute atomic E-state index is 10.2. The third kappa shape index (κ3) is 2.66. The fourth-order valence-corrected chi connectivity index (χ4v) is 0.935. The zero-order valence-electron chi connectivity index (χ0n) is 7.15. The number of hydrogen-bond acceptors (Lipinski definition) is 3. The molecule has 0 heterocycles. The monoisotopic (exact) mass is 182 g/mol. The van der Waals surface area contributed by atoms with Crippen LogP contribution in [-0.4, -0.2) is 22.8 Å². The van der Waals surface area contributed by atoms with Crippen LogP contribution in [0.15, 0.2) is 18.2 Å². The van der Waals surface area contributed by atoms with Crippen molar-refractivity contribution in [3.63, 3.8) is 0 Å².